The van der Waals surface area contributed by atoms with E-state index in [2.05, 4.69) is 40.3 Å². The first kappa shape index (κ1) is 23.6. The molecule has 1 aromatic carbocycles. The maximum atomic E-state index is 10.3. The number of piperidine rings is 1. The molecule has 4 heterocycles. The largest absolute Gasteiger partial charge is 0.395 e. The van der Waals surface area contributed by atoms with Crippen LogP contribution in [0, 0.1) is 5.92 Å². The van der Waals surface area contributed by atoms with E-state index in [9.17, 15) is 5.11 Å². The van der Waals surface area contributed by atoms with Gasteiger partial charge in [-0.2, -0.15) is 10.1 Å². The number of nitrogens with one attached hydrogen (secondary N) is 1. The molecule has 1 aliphatic rings. The van der Waals surface area contributed by atoms with Gasteiger partial charge in [0, 0.05) is 42.5 Å². The van der Waals surface area contributed by atoms with E-state index in [0.717, 1.165) is 61.5 Å². The molecule has 0 atom stereocenters. The standard InChI is InChI=1S/C26H32ClN7O/c1-19(2)9-13-33-17-22(16-28-33)29-25-30-24-23(4-3-12-34(24)31-25)32-14-10-26(18-35,11-15-32)20-5-7-21(27)8-6-20/h3-8,12,16-17,19,35H,9-11,13-15,18H2,1-2H3,(H,29,31). The topological polar surface area (TPSA) is 83.5 Å². The number of aliphatic hydroxyl groups is 1. The van der Waals surface area contributed by atoms with Gasteiger partial charge in [0.1, 0.15) is 0 Å². The Morgan fingerprint density at radius 3 is 2.63 bits per heavy atom. The molecule has 0 unspecified atom stereocenters. The van der Waals surface area contributed by atoms with Crippen molar-refractivity contribution in [3.05, 3.63) is 65.6 Å². The van der Waals surface area contributed by atoms with Gasteiger partial charge < -0.3 is 15.3 Å². The van der Waals surface area contributed by atoms with Gasteiger partial charge in [0.05, 0.1) is 24.2 Å². The third-order valence-electron chi connectivity index (χ3n) is 6.99. The highest BCUT2D eigenvalue weighted by molar-refractivity contribution is 6.30. The molecule has 184 valence electrons. The van der Waals surface area contributed by atoms with Crippen LogP contribution in [0.4, 0.5) is 17.3 Å². The first-order valence-electron chi connectivity index (χ1n) is 12.2. The fourth-order valence-electron chi connectivity index (χ4n) is 4.78. The number of hydrogen-bond donors (Lipinski definition) is 2. The van der Waals surface area contributed by atoms with E-state index in [1.165, 1.54) is 0 Å². The van der Waals surface area contributed by atoms with Gasteiger partial charge >= 0.3 is 0 Å². The SMILES string of the molecule is CC(C)CCn1cc(Nc2nc3c(N4CCC(CO)(c5ccc(Cl)cc5)CC4)cccn3n2)cn1. The van der Waals surface area contributed by atoms with Crippen LogP contribution in [0.15, 0.2) is 55.0 Å². The number of benzene rings is 1. The number of rotatable bonds is 8. The minimum Gasteiger partial charge on any atom is -0.395 e. The van der Waals surface area contributed by atoms with Crippen LogP contribution >= 0.6 is 11.6 Å². The molecule has 9 heteroatoms. The lowest BCUT2D eigenvalue weighted by molar-refractivity contribution is 0.165. The number of nitrogens with zero attached hydrogens (tertiary/aromatic N) is 6. The molecule has 0 spiro atoms. The Morgan fingerprint density at radius 1 is 1.14 bits per heavy atom. The zero-order valence-corrected chi connectivity index (χ0v) is 21.0. The third-order valence-corrected chi connectivity index (χ3v) is 7.24. The first-order chi connectivity index (χ1) is 17.0. The van der Waals surface area contributed by atoms with Gasteiger partial charge in [-0.25, -0.2) is 4.52 Å². The van der Waals surface area contributed by atoms with E-state index in [4.69, 9.17) is 16.6 Å². The fourth-order valence-corrected chi connectivity index (χ4v) is 4.91. The molecule has 2 N–H and O–H groups in total. The molecular formula is C26H32ClN7O. The minimum absolute atomic E-state index is 0.122. The Labute approximate surface area is 210 Å². The van der Waals surface area contributed by atoms with Crippen molar-refractivity contribution in [1.82, 2.24) is 24.4 Å². The lowest BCUT2D eigenvalue weighted by Crippen LogP contribution is -2.45. The Morgan fingerprint density at radius 2 is 1.91 bits per heavy atom. The van der Waals surface area contributed by atoms with Crippen LogP contribution in [-0.2, 0) is 12.0 Å². The minimum atomic E-state index is -0.248. The van der Waals surface area contributed by atoms with Crippen LogP contribution in [0.1, 0.15) is 38.7 Å². The number of fused-ring (bicyclic) bond motifs is 1. The van der Waals surface area contributed by atoms with Crippen LogP contribution < -0.4 is 10.2 Å². The molecule has 5 rings (SSSR count). The molecule has 0 bridgehead atoms. The molecule has 1 aliphatic heterocycles. The summed E-state index contributed by atoms with van der Waals surface area (Å²) in [6.07, 6.45) is 8.50. The molecule has 0 amide bonds. The predicted octanol–water partition coefficient (Wildman–Crippen LogP) is 4.90. The number of pyridine rings is 1. The number of aromatic nitrogens is 5. The van der Waals surface area contributed by atoms with Gasteiger partial charge in [0.15, 0.2) is 5.65 Å². The van der Waals surface area contributed by atoms with E-state index in [1.54, 1.807) is 0 Å². The lowest BCUT2D eigenvalue weighted by atomic mass is 9.73. The summed E-state index contributed by atoms with van der Waals surface area (Å²) in [4.78, 5) is 7.12. The highest BCUT2D eigenvalue weighted by Crippen LogP contribution is 2.37. The second-order valence-electron chi connectivity index (χ2n) is 9.83. The molecule has 0 aliphatic carbocycles. The van der Waals surface area contributed by atoms with Crippen molar-refractivity contribution in [3.8, 4) is 0 Å². The summed E-state index contributed by atoms with van der Waals surface area (Å²) in [5, 5.41) is 23.4. The number of aryl methyl sites for hydroxylation is 1. The molecule has 35 heavy (non-hydrogen) atoms. The van der Waals surface area contributed by atoms with Gasteiger partial charge in [-0.3, -0.25) is 4.68 Å². The summed E-state index contributed by atoms with van der Waals surface area (Å²) in [7, 11) is 0. The van der Waals surface area contributed by atoms with E-state index in [-0.39, 0.29) is 12.0 Å². The quantitative estimate of drug-likeness (QED) is 0.363. The lowest BCUT2D eigenvalue weighted by Gasteiger charge is -2.42. The highest BCUT2D eigenvalue weighted by atomic mass is 35.5. The van der Waals surface area contributed by atoms with Crippen LogP contribution in [0.3, 0.4) is 0 Å². The van der Waals surface area contributed by atoms with Gasteiger partial charge in [0.25, 0.3) is 0 Å². The Hall–Kier alpha value is -3.10. The van der Waals surface area contributed by atoms with Crippen molar-refractivity contribution in [2.45, 2.75) is 45.1 Å². The van der Waals surface area contributed by atoms with Crippen molar-refractivity contribution < 1.29 is 5.11 Å². The summed E-state index contributed by atoms with van der Waals surface area (Å²) in [6, 6.07) is 12.0. The maximum Gasteiger partial charge on any atom is 0.247 e. The summed E-state index contributed by atoms with van der Waals surface area (Å²) in [5.41, 5.74) is 3.63. The predicted molar refractivity (Wildman–Crippen MR) is 140 cm³/mol. The fraction of sp³-hybridized carbons (Fsp3) is 0.423. The second kappa shape index (κ2) is 9.87. The molecular weight excluding hydrogens is 462 g/mol. The number of halogens is 1. The average Bonchev–Trinajstić information content (AvgIpc) is 3.49. The van der Waals surface area contributed by atoms with Crippen molar-refractivity contribution >= 4 is 34.6 Å². The molecule has 8 nitrogen and oxygen atoms in total. The molecule has 4 aromatic rings. The number of hydrogen-bond acceptors (Lipinski definition) is 6. The second-order valence-corrected chi connectivity index (χ2v) is 10.3. The Kier molecular flexibility index (Phi) is 6.67. The van der Waals surface area contributed by atoms with Crippen molar-refractivity contribution in [3.63, 3.8) is 0 Å². The van der Waals surface area contributed by atoms with Crippen LogP contribution in [0.2, 0.25) is 5.02 Å². The van der Waals surface area contributed by atoms with Crippen molar-refractivity contribution in [2.24, 2.45) is 5.92 Å². The number of aliphatic hydroxyl groups excluding tert-OH is 1. The van der Waals surface area contributed by atoms with E-state index in [1.807, 2.05) is 58.1 Å². The van der Waals surface area contributed by atoms with E-state index < -0.39 is 0 Å². The number of anilines is 3. The Bertz CT molecular complexity index is 1270. The van der Waals surface area contributed by atoms with E-state index in [0.29, 0.717) is 16.9 Å². The monoisotopic (exact) mass is 493 g/mol. The third kappa shape index (κ3) is 4.99. The van der Waals surface area contributed by atoms with Gasteiger partial charge in [-0.1, -0.05) is 37.6 Å². The van der Waals surface area contributed by atoms with Crippen LogP contribution in [-0.4, -0.2) is 49.2 Å². The summed E-state index contributed by atoms with van der Waals surface area (Å²) in [6.45, 7) is 7.08. The van der Waals surface area contributed by atoms with E-state index >= 15 is 0 Å². The average molecular weight is 494 g/mol. The smallest absolute Gasteiger partial charge is 0.247 e. The van der Waals surface area contributed by atoms with Crippen molar-refractivity contribution in [1.29, 1.82) is 0 Å². The van der Waals surface area contributed by atoms with Gasteiger partial charge in [-0.15, -0.1) is 5.10 Å². The highest BCUT2D eigenvalue weighted by Gasteiger charge is 2.36. The van der Waals surface area contributed by atoms with Gasteiger partial charge in [0.2, 0.25) is 5.95 Å². The molecule has 0 radical (unpaired) electrons. The van der Waals surface area contributed by atoms with Crippen LogP contribution in [0.25, 0.3) is 5.65 Å². The zero-order chi connectivity index (χ0) is 24.4. The maximum absolute atomic E-state index is 10.3. The normalized spacial score (nSPS) is 15.7. The first-order valence-corrected chi connectivity index (χ1v) is 12.6. The summed E-state index contributed by atoms with van der Waals surface area (Å²) < 4.78 is 3.76. The molecule has 3 aromatic heterocycles. The Balaban J connectivity index is 1.31. The molecule has 0 saturated carbocycles. The molecule has 1 saturated heterocycles. The van der Waals surface area contributed by atoms with Crippen LogP contribution in [0.5, 0.6) is 0 Å². The van der Waals surface area contributed by atoms with Gasteiger partial charge in [-0.05, 0) is 55.0 Å². The zero-order valence-electron chi connectivity index (χ0n) is 20.2. The van der Waals surface area contributed by atoms with Crippen molar-refractivity contribution in [2.75, 3.05) is 29.9 Å². The summed E-state index contributed by atoms with van der Waals surface area (Å²) >= 11 is 6.08. The summed E-state index contributed by atoms with van der Waals surface area (Å²) in [5.74, 6) is 1.18. The molecule has 1 fully saturated rings.